The van der Waals surface area contributed by atoms with Gasteiger partial charge in [-0.1, -0.05) is 36.4 Å². The molecule has 0 saturated carbocycles. The second-order valence-corrected chi connectivity index (χ2v) is 7.19. The van der Waals surface area contributed by atoms with Gasteiger partial charge in [-0.15, -0.1) is 0 Å². The fraction of sp³-hybridized carbons (Fsp3) is 0.273. The van der Waals surface area contributed by atoms with Crippen molar-refractivity contribution in [2.75, 3.05) is 13.1 Å². The molecule has 1 amide bonds. The fourth-order valence-electron chi connectivity index (χ4n) is 3.80. The van der Waals surface area contributed by atoms with Gasteiger partial charge >= 0.3 is 0 Å². The van der Waals surface area contributed by atoms with E-state index in [1.54, 1.807) is 24.5 Å². The van der Waals surface area contributed by atoms with Gasteiger partial charge in [0.25, 0.3) is 0 Å². The Balaban J connectivity index is 1.48. The maximum Gasteiger partial charge on any atom is 0.232 e. The molecule has 2 heterocycles. The van der Waals surface area contributed by atoms with Crippen LogP contribution in [0.1, 0.15) is 24.0 Å². The molecule has 0 radical (unpaired) electrons. The highest BCUT2D eigenvalue weighted by Crippen LogP contribution is 2.32. The van der Waals surface area contributed by atoms with Crippen molar-refractivity contribution in [1.29, 1.82) is 0 Å². The zero-order valence-corrected chi connectivity index (χ0v) is 15.5. The molecular formula is C22H23FN4O. The summed E-state index contributed by atoms with van der Waals surface area (Å²) in [5.74, 6) is 0.500. The summed E-state index contributed by atoms with van der Waals surface area (Å²) < 4.78 is 13.4. The van der Waals surface area contributed by atoms with E-state index in [0.717, 1.165) is 41.9 Å². The van der Waals surface area contributed by atoms with Crippen LogP contribution >= 0.6 is 0 Å². The predicted molar refractivity (Wildman–Crippen MR) is 106 cm³/mol. The number of amides is 1. The molecule has 2 aromatic carbocycles. The Labute approximate surface area is 163 Å². The third kappa shape index (κ3) is 3.68. The Morgan fingerprint density at radius 1 is 1.14 bits per heavy atom. The van der Waals surface area contributed by atoms with Crippen molar-refractivity contribution in [2.24, 2.45) is 0 Å². The maximum atomic E-state index is 13.4. The van der Waals surface area contributed by atoms with E-state index in [-0.39, 0.29) is 11.7 Å². The van der Waals surface area contributed by atoms with Gasteiger partial charge in [-0.25, -0.2) is 9.37 Å². The number of hydrogen-bond donors (Lipinski definition) is 3. The van der Waals surface area contributed by atoms with Crippen molar-refractivity contribution in [3.8, 4) is 11.4 Å². The lowest BCUT2D eigenvalue weighted by Gasteiger charge is -2.36. The zero-order valence-electron chi connectivity index (χ0n) is 15.5. The van der Waals surface area contributed by atoms with Gasteiger partial charge < -0.3 is 15.6 Å². The highest BCUT2D eigenvalue weighted by Gasteiger charge is 2.41. The molecule has 4 rings (SSSR count). The van der Waals surface area contributed by atoms with Crippen molar-refractivity contribution < 1.29 is 9.18 Å². The standard InChI is InChI=1S/C22H23FN4O/c23-19-8-6-18(7-9-19)22(10-1-11-24-15-22)21(28)27-14-16-2-4-17(5-3-16)20-25-12-13-26-20/h2-9,12-13,24H,1,10-11,14-15H2,(H,25,26)(H,27,28)/t22-/m0/s1. The van der Waals surface area contributed by atoms with E-state index in [9.17, 15) is 9.18 Å². The van der Waals surface area contributed by atoms with Crippen molar-refractivity contribution in [1.82, 2.24) is 20.6 Å². The lowest BCUT2D eigenvalue weighted by molar-refractivity contribution is -0.127. The first-order chi connectivity index (χ1) is 13.7. The number of imidazole rings is 1. The monoisotopic (exact) mass is 378 g/mol. The number of aromatic amines is 1. The van der Waals surface area contributed by atoms with Gasteiger partial charge in [-0.2, -0.15) is 0 Å². The normalized spacial score (nSPS) is 19.3. The Kier molecular flexibility index (Phi) is 5.21. The molecule has 0 spiro atoms. The van der Waals surface area contributed by atoms with Crippen molar-refractivity contribution in [3.05, 3.63) is 77.9 Å². The van der Waals surface area contributed by atoms with Gasteiger partial charge in [-0.05, 0) is 42.6 Å². The first kappa shape index (κ1) is 18.4. The number of aromatic nitrogens is 2. The van der Waals surface area contributed by atoms with Gasteiger partial charge in [0.2, 0.25) is 5.91 Å². The van der Waals surface area contributed by atoms with Gasteiger partial charge in [-0.3, -0.25) is 4.79 Å². The highest BCUT2D eigenvalue weighted by atomic mass is 19.1. The van der Waals surface area contributed by atoms with Crippen molar-refractivity contribution in [2.45, 2.75) is 24.8 Å². The number of carbonyl (C=O) groups is 1. The van der Waals surface area contributed by atoms with Gasteiger partial charge in [0.1, 0.15) is 11.6 Å². The van der Waals surface area contributed by atoms with Crippen LogP contribution in [0.2, 0.25) is 0 Å². The SMILES string of the molecule is O=C(NCc1ccc(-c2ncc[nH]2)cc1)[C@@]1(c2ccc(F)cc2)CCCNC1. The van der Waals surface area contributed by atoms with E-state index < -0.39 is 5.41 Å². The molecule has 0 bridgehead atoms. The largest absolute Gasteiger partial charge is 0.351 e. The third-order valence-corrected chi connectivity index (χ3v) is 5.39. The van der Waals surface area contributed by atoms with Crippen LogP contribution in [0.15, 0.2) is 60.9 Å². The topological polar surface area (TPSA) is 69.8 Å². The van der Waals surface area contributed by atoms with Crippen LogP contribution in [0, 0.1) is 5.82 Å². The van der Waals surface area contributed by atoms with E-state index >= 15 is 0 Å². The van der Waals surface area contributed by atoms with Gasteiger partial charge in [0.05, 0.1) is 5.41 Å². The summed E-state index contributed by atoms with van der Waals surface area (Å²) in [5.41, 5.74) is 2.20. The van der Waals surface area contributed by atoms with E-state index in [1.807, 2.05) is 24.3 Å². The fourth-order valence-corrected chi connectivity index (χ4v) is 3.80. The first-order valence-electron chi connectivity index (χ1n) is 9.51. The number of halogens is 1. The van der Waals surface area contributed by atoms with E-state index in [1.165, 1.54) is 12.1 Å². The van der Waals surface area contributed by atoms with Crippen LogP contribution in [0.25, 0.3) is 11.4 Å². The predicted octanol–water partition coefficient (Wildman–Crippen LogP) is 3.15. The Morgan fingerprint density at radius 2 is 1.93 bits per heavy atom. The maximum absolute atomic E-state index is 13.4. The summed E-state index contributed by atoms with van der Waals surface area (Å²) in [7, 11) is 0. The van der Waals surface area contributed by atoms with E-state index in [4.69, 9.17) is 0 Å². The minimum atomic E-state index is -0.667. The molecule has 1 aliphatic heterocycles. The molecule has 0 aliphatic carbocycles. The summed E-state index contributed by atoms with van der Waals surface area (Å²) in [4.78, 5) is 20.5. The molecule has 1 atom stereocenters. The number of hydrogen-bond acceptors (Lipinski definition) is 3. The minimum Gasteiger partial charge on any atom is -0.351 e. The number of piperidine rings is 1. The molecule has 3 aromatic rings. The number of carbonyl (C=O) groups excluding carboxylic acids is 1. The van der Waals surface area contributed by atoms with Crippen molar-refractivity contribution in [3.63, 3.8) is 0 Å². The van der Waals surface area contributed by atoms with Crippen LogP contribution in [0.3, 0.4) is 0 Å². The number of rotatable bonds is 5. The summed E-state index contributed by atoms with van der Waals surface area (Å²) in [6.07, 6.45) is 5.16. The van der Waals surface area contributed by atoms with Crippen LogP contribution in [-0.4, -0.2) is 29.0 Å². The molecule has 1 aromatic heterocycles. The molecule has 5 nitrogen and oxygen atoms in total. The molecule has 0 unspecified atom stereocenters. The average Bonchev–Trinajstić information content (AvgIpc) is 3.28. The number of nitrogens with zero attached hydrogens (tertiary/aromatic N) is 1. The Bertz CT molecular complexity index is 914. The molecular weight excluding hydrogens is 355 g/mol. The third-order valence-electron chi connectivity index (χ3n) is 5.39. The summed E-state index contributed by atoms with van der Waals surface area (Å²) in [5, 5.41) is 6.41. The average molecular weight is 378 g/mol. The molecule has 28 heavy (non-hydrogen) atoms. The summed E-state index contributed by atoms with van der Waals surface area (Å²) in [6.45, 7) is 1.90. The number of nitrogens with one attached hydrogen (secondary N) is 3. The first-order valence-corrected chi connectivity index (χ1v) is 9.51. The lowest BCUT2D eigenvalue weighted by Crippen LogP contribution is -2.53. The lowest BCUT2D eigenvalue weighted by atomic mass is 9.74. The molecule has 1 fully saturated rings. The van der Waals surface area contributed by atoms with E-state index in [2.05, 4.69) is 20.6 Å². The number of H-pyrrole nitrogens is 1. The second-order valence-electron chi connectivity index (χ2n) is 7.19. The molecule has 6 heteroatoms. The molecule has 144 valence electrons. The van der Waals surface area contributed by atoms with Gasteiger partial charge in [0, 0.05) is 31.0 Å². The quantitative estimate of drug-likeness (QED) is 0.639. The van der Waals surface area contributed by atoms with E-state index in [0.29, 0.717) is 13.1 Å². The Hall–Kier alpha value is -2.99. The highest BCUT2D eigenvalue weighted by molar-refractivity contribution is 5.88. The van der Waals surface area contributed by atoms with Crippen LogP contribution in [-0.2, 0) is 16.8 Å². The number of benzene rings is 2. The Morgan fingerprint density at radius 3 is 2.57 bits per heavy atom. The molecule has 1 saturated heterocycles. The summed E-state index contributed by atoms with van der Waals surface area (Å²) >= 11 is 0. The smallest absolute Gasteiger partial charge is 0.232 e. The molecule has 1 aliphatic rings. The van der Waals surface area contributed by atoms with Gasteiger partial charge in [0.15, 0.2) is 0 Å². The van der Waals surface area contributed by atoms with Crippen LogP contribution in [0.5, 0.6) is 0 Å². The summed E-state index contributed by atoms with van der Waals surface area (Å²) in [6, 6.07) is 14.2. The van der Waals surface area contributed by atoms with Crippen LogP contribution < -0.4 is 10.6 Å². The minimum absolute atomic E-state index is 0.0265. The second kappa shape index (κ2) is 7.94. The van der Waals surface area contributed by atoms with Crippen molar-refractivity contribution >= 4 is 5.91 Å². The van der Waals surface area contributed by atoms with Crippen LogP contribution in [0.4, 0.5) is 4.39 Å². The zero-order chi connectivity index (χ0) is 19.4. The molecule has 3 N–H and O–H groups in total.